The molecule has 0 radical (unpaired) electrons. The van der Waals surface area contributed by atoms with E-state index < -0.39 is 5.97 Å². The van der Waals surface area contributed by atoms with E-state index >= 15 is 0 Å². The number of aliphatic carboxylic acids is 1. The zero-order valence-corrected chi connectivity index (χ0v) is 9.06. The molecule has 0 bridgehead atoms. The van der Waals surface area contributed by atoms with Crippen LogP contribution in [0.1, 0.15) is 13.3 Å². The molecule has 5 nitrogen and oxygen atoms in total. The first kappa shape index (κ1) is 12.4. The lowest BCUT2D eigenvalue weighted by Crippen LogP contribution is -2.40. The number of carboxylic acids is 1. The van der Waals surface area contributed by atoms with E-state index in [1.54, 1.807) is 0 Å². The average molecular weight is 217 g/mol. The van der Waals surface area contributed by atoms with Crippen LogP contribution in [0.25, 0.3) is 0 Å². The molecule has 0 spiro atoms. The van der Waals surface area contributed by atoms with Gasteiger partial charge in [-0.3, -0.25) is 9.69 Å². The number of ether oxygens (including phenoxy) is 1. The molecule has 1 rings (SSSR count). The van der Waals surface area contributed by atoms with Gasteiger partial charge in [0.25, 0.3) is 0 Å². The van der Waals surface area contributed by atoms with E-state index in [0.717, 1.165) is 13.0 Å². The van der Waals surface area contributed by atoms with E-state index in [-0.39, 0.29) is 18.6 Å². The molecule has 2 unspecified atom stereocenters. The Bertz CT molecular complexity index is 210. The first-order valence-corrected chi connectivity index (χ1v) is 5.32. The van der Waals surface area contributed by atoms with Crippen LogP contribution in [0, 0.1) is 5.92 Å². The number of carboxylic acid groups (broad SMARTS) is 1. The summed E-state index contributed by atoms with van der Waals surface area (Å²) < 4.78 is 5.12. The Morgan fingerprint density at radius 3 is 2.87 bits per heavy atom. The molecule has 2 N–H and O–H groups in total. The number of nitrogens with zero attached hydrogens (tertiary/aromatic N) is 1. The van der Waals surface area contributed by atoms with Crippen molar-refractivity contribution < 1.29 is 19.7 Å². The lowest BCUT2D eigenvalue weighted by molar-refractivity contribution is -0.143. The largest absolute Gasteiger partial charge is 0.480 e. The molecule has 0 aromatic rings. The summed E-state index contributed by atoms with van der Waals surface area (Å²) in [7, 11) is 0. The van der Waals surface area contributed by atoms with E-state index in [2.05, 4.69) is 0 Å². The van der Waals surface area contributed by atoms with Crippen molar-refractivity contribution >= 4 is 5.97 Å². The topological polar surface area (TPSA) is 70.0 Å². The molecule has 15 heavy (non-hydrogen) atoms. The SMILES string of the molecule is CC1CCN(CCOCCO)C1C(=O)O. The van der Waals surface area contributed by atoms with Gasteiger partial charge in [0.2, 0.25) is 0 Å². The Kier molecular flexibility index (Phi) is 5.01. The zero-order valence-electron chi connectivity index (χ0n) is 9.06. The normalized spacial score (nSPS) is 27.1. The number of hydrogen-bond acceptors (Lipinski definition) is 4. The van der Waals surface area contributed by atoms with E-state index in [1.807, 2.05) is 11.8 Å². The van der Waals surface area contributed by atoms with Gasteiger partial charge in [-0.1, -0.05) is 6.92 Å². The van der Waals surface area contributed by atoms with Crippen molar-refractivity contribution in [3.8, 4) is 0 Å². The van der Waals surface area contributed by atoms with E-state index in [4.69, 9.17) is 14.9 Å². The number of aliphatic hydroxyl groups is 1. The first-order valence-electron chi connectivity index (χ1n) is 5.32. The van der Waals surface area contributed by atoms with Crippen LogP contribution in [-0.2, 0) is 9.53 Å². The van der Waals surface area contributed by atoms with Crippen molar-refractivity contribution in [2.75, 3.05) is 32.9 Å². The minimum Gasteiger partial charge on any atom is -0.480 e. The van der Waals surface area contributed by atoms with Gasteiger partial charge < -0.3 is 14.9 Å². The minimum absolute atomic E-state index is 0.0127. The van der Waals surface area contributed by atoms with E-state index in [0.29, 0.717) is 19.8 Å². The molecule has 0 amide bonds. The molecule has 1 aliphatic heterocycles. The lowest BCUT2D eigenvalue weighted by Gasteiger charge is -2.22. The van der Waals surface area contributed by atoms with Crippen LogP contribution >= 0.6 is 0 Å². The molecule has 1 heterocycles. The van der Waals surface area contributed by atoms with E-state index in [9.17, 15) is 4.79 Å². The second-order valence-electron chi connectivity index (χ2n) is 3.92. The molecule has 2 atom stereocenters. The van der Waals surface area contributed by atoms with Gasteiger partial charge in [0.05, 0.1) is 19.8 Å². The maximum atomic E-state index is 11.0. The molecule has 1 aliphatic rings. The van der Waals surface area contributed by atoms with Gasteiger partial charge in [-0.15, -0.1) is 0 Å². The Balaban J connectivity index is 2.31. The minimum atomic E-state index is -0.748. The fourth-order valence-corrected chi connectivity index (χ4v) is 2.03. The van der Waals surface area contributed by atoms with Gasteiger partial charge in [0.15, 0.2) is 0 Å². The van der Waals surface area contributed by atoms with Gasteiger partial charge >= 0.3 is 5.97 Å². The number of rotatable bonds is 6. The lowest BCUT2D eigenvalue weighted by atomic mass is 10.0. The van der Waals surface area contributed by atoms with Crippen molar-refractivity contribution in [1.29, 1.82) is 0 Å². The van der Waals surface area contributed by atoms with Crippen LogP contribution < -0.4 is 0 Å². The second-order valence-corrected chi connectivity index (χ2v) is 3.92. The van der Waals surface area contributed by atoms with Crippen LogP contribution in [0.4, 0.5) is 0 Å². The predicted octanol–water partition coefficient (Wildman–Crippen LogP) is -0.210. The van der Waals surface area contributed by atoms with Gasteiger partial charge in [-0.05, 0) is 18.9 Å². The van der Waals surface area contributed by atoms with Gasteiger partial charge in [0, 0.05) is 6.54 Å². The van der Waals surface area contributed by atoms with Crippen molar-refractivity contribution in [1.82, 2.24) is 4.90 Å². The fraction of sp³-hybridized carbons (Fsp3) is 0.900. The monoisotopic (exact) mass is 217 g/mol. The third-order valence-electron chi connectivity index (χ3n) is 2.82. The van der Waals surface area contributed by atoms with E-state index in [1.165, 1.54) is 0 Å². The van der Waals surface area contributed by atoms with Crippen LogP contribution in [-0.4, -0.2) is 60.0 Å². The standard InChI is InChI=1S/C10H19NO4/c1-8-2-3-11(9(8)10(13)14)4-6-15-7-5-12/h8-9,12H,2-7H2,1H3,(H,13,14). The molecule has 5 heteroatoms. The number of likely N-dealkylation sites (tertiary alicyclic amines) is 1. The highest BCUT2D eigenvalue weighted by Crippen LogP contribution is 2.23. The summed E-state index contributed by atoms with van der Waals surface area (Å²) in [6, 6.07) is -0.372. The van der Waals surface area contributed by atoms with Gasteiger partial charge in [-0.25, -0.2) is 0 Å². The van der Waals surface area contributed by atoms with Crippen molar-refractivity contribution in [3.63, 3.8) is 0 Å². The van der Waals surface area contributed by atoms with Crippen LogP contribution in [0.3, 0.4) is 0 Å². The summed E-state index contributed by atoms with van der Waals surface area (Å²) in [5.74, 6) is -0.539. The molecule has 0 aromatic carbocycles. The summed E-state index contributed by atoms with van der Waals surface area (Å²) in [4.78, 5) is 12.9. The third kappa shape index (κ3) is 3.44. The van der Waals surface area contributed by atoms with Crippen LogP contribution in [0.15, 0.2) is 0 Å². The third-order valence-corrected chi connectivity index (χ3v) is 2.82. The fourth-order valence-electron chi connectivity index (χ4n) is 2.03. The molecule has 0 saturated carbocycles. The summed E-state index contributed by atoms with van der Waals surface area (Å²) in [6.45, 7) is 4.23. The Hall–Kier alpha value is -0.650. The Morgan fingerprint density at radius 1 is 1.53 bits per heavy atom. The maximum absolute atomic E-state index is 11.0. The highest BCUT2D eigenvalue weighted by atomic mass is 16.5. The van der Waals surface area contributed by atoms with Crippen molar-refractivity contribution in [2.24, 2.45) is 5.92 Å². The van der Waals surface area contributed by atoms with Gasteiger partial charge in [-0.2, -0.15) is 0 Å². The van der Waals surface area contributed by atoms with Crippen molar-refractivity contribution in [2.45, 2.75) is 19.4 Å². The average Bonchev–Trinajstić information content (AvgIpc) is 2.54. The zero-order chi connectivity index (χ0) is 11.3. The molecular formula is C10H19NO4. The number of hydrogen-bond donors (Lipinski definition) is 2. The summed E-state index contributed by atoms with van der Waals surface area (Å²) in [5.41, 5.74) is 0. The highest BCUT2D eigenvalue weighted by molar-refractivity contribution is 5.74. The summed E-state index contributed by atoms with van der Waals surface area (Å²) >= 11 is 0. The second kappa shape index (κ2) is 6.05. The smallest absolute Gasteiger partial charge is 0.321 e. The summed E-state index contributed by atoms with van der Waals surface area (Å²) in [5, 5.41) is 17.5. The molecule has 0 aromatic heterocycles. The Labute approximate surface area is 89.6 Å². The number of carbonyl (C=O) groups is 1. The molecule has 0 aliphatic carbocycles. The number of aliphatic hydroxyl groups excluding tert-OH is 1. The van der Waals surface area contributed by atoms with Gasteiger partial charge in [0.1, 0.15) is 6.04 Å². The molecule has 1 saturated heterocycles. The van der Waals surface area contributed by atoms with Crippen LogP contribution in [0.5, 0.6) is 0 Å². The maximum Gasteiger partial charge on any atom is 0.321 e. The molecule has 1 fully saturated rings. The summed E-state index contributed by atoms with van der Waals surface area (Å²) in [6.07, 6.45) is 0.928. The Morgan fingerprint density at radius 2 is 2.27 bits per heavy atom. The molecule has 88 valence electrons. The predicted molar refractivity (Wildman–Crippen MR) is 54.7 cm³/mol. The highest BCUT2D eigenvalue weighted by Gasteiger charge is 2.36. The van der Waals surface area contributed by atoms with Crippen molar-refractivity contribution in [3.05, 3.63) is 0 Å². The molecular weight excluding hydrogens is 198 g/mol. The quantitative estimate of drug-likeness (QED) is 0.602. The van der Waals surface area contributed by atoms with Crippen LogP contribution in [0.2, 0.25) is 0 Å². The first-order chi connectivity index (χ1) is 7.16.